The van der Waals surface area contributed by atoms with Crippen molar-refractivity contribution >= 4 is 68.7 Å². The van der Waals surface area contributed by atoms with Crippen molar-refractivity contribution in [2.45, 2.75) is 5.92 Å². The second-order valence-corrected chi connectivity index (χ2v) is 9.06. The first-order chi connectivity index (χ1) is 14.6. The van der Waals surface area contributed by atoms with E-state index in [1.54, 1.807) is 12.3 Å². The van der Waals surface area contributed by atoms with E-state index in [2.05, 4.69) is 46.5 Å². The molecule has 4 heterocycles. The summed E-state index contributed by atoms with van der Waals surface area (Å²) in [6.07, 6.45) is 1.67. The number of nitrogens with one attached hydrogen (secondary N) is 2. The molecule has 1 atom stereocenters. The zero-order valence-electron chi connectivity index (χ0n) is 16.0. The fourth-order valence-corrected chi connectivity index (χ4v) is 4.42. The molecule has 30 heavy (non-hydrogen) atoms. The molecule has 1 unspecified atom stereocenters. The van der Waals surface area contributed by atoms with Crippen LogP contribution in [-0.4, -0.2) is 56.7 Å². The minimum absolute atomic E-state index is 0.0137. The maximum Gasteiger partial charge on any atom is 0.233 e. The third-order valence-electron chi connectivity index (χ3n) is 5.43. The molecule has 2 aliphatic rings. The van der Waals surface area contributed by atoms with Crippen LogP contribution in [0, 0.1) is 0 Å². The van der Waals surface area contributed by atoms with Crippen LogP contribution < -0.4 is 15.5 Å². The van der Waals surface area contributed by atoms with E-state index in [1.807, 2.05) is 24.3 Å². The Morgan fingerprint density at radius 2 is 2.00 bits per heavy atom. The van der Waals surface area contributed by atoms with E-state index in [9.17, 15) is 4.79 Å². The molecule has 0 spiro atoms. The molecular weight excluding hydrogens is 517 g/mol. The van der Waals surface area contributed by atoms with Gasteiger partial charge in [-0.1, -0.05) is 29.8 Å². The normalized spacial score (nSPS) is 19.1. The Morgan fingerprint density at radius 3 is 2.83 bits per heavy atom. The van der Waals surface area contributed by atoms with Crippen molar-refractivity contribution in [2.24, 2.45) is 0 Å². The van der Waals surface area contributed by atoms with Gasteiger partial charge in [-0.3, -0.25) is 4.79 Å². The number of anilines is 3. The molecule has 1 fully saturated rings. The molecule has 3 aromatic rings. The molecule has 0 radical (unpaired) electrons. The SMILES string of the molecule is O=C1Nc2ccccc2C1CNc1nc(N2CCN(I)CC2)nc2cnc(Cl)cc12. The Balaban J connectivity index is 1.46. The molecular formula is C20H19ClIN7O. The molecule has 0 bridgehead atoms. The second-order valence-electron chi connectivity index (χ2n) is 7.30. The molecule has 8 nitrogen and oxygen atoms in total. The summed E-state index contributed by atoms with van der Waals surface area (Å²) < 4.78 is 2.26. The quantitative estimate of drug-likeness (QED) is 0.301. The highest BCUT2D eigenvalue weighted by atomic mass is 127. The molecule has 5 rings (SSSR count). The van der Waals surface area contributed by atoms with Gasteiger partial charge in [-0.15, -0.1) is 0 Å². The van der Waals surface area contributed by atoms with Crippen LogP contribution in [0.25, 0.3) is 10.9 Å². The van der Waals surface area contributed by atoms with Crippen LogP contribution in [0.1, 0.15) is 11.5 Å². The number of benzene rings is 1. The number of aromatic nitrogens is 3. The number of para-hydroxylation sites is 1. The van der Waals surface area contributed by atoms with Crippen LogP contribution in [-0.2, 0) is 4.79 Å². The Morgan fingerprint density at radius 1 is 1.20 bits per heavy atom. The van der Waals surface area contributed by atoms with Crippen LogP contribution in [0.4, 0.5) is 17.5 Å². The van der Waals surface area contributed by atoms with Gasteiger partial charge in [0.2, 0.25) is 11.9 Å². The van der Waals surface area contributed by atoms with E-state index in [-0.39, 0.29) is 11.8 Å². The summed E-state index contributed by atoms with van der Waals surface area (Å²) >= 11 is 8.48. The molecule has 0 saturated carbocycles. The van der Waals surface area contributed by atoms with Crippen molar-refractivity contribution in [3.8, 4) is 0 Å². The van der Waals surface area contributed by atoms with Gasteiger partial charge in [0.15, 0.2) is 0 Å². The smallest absolute Gasteiger partial charge is 0.233 e. The van der Waals surface area contributed by atoms with E-state index in [1.165, 1.54) is 0 Å². The van der Waals surface area contributed by atoms with Gasteiger partial charge < -0.3 is 15.5 Å². The summed E-state index contributed by atoms with van der Waals surface area (Å²) in [7, 11) is 0. The van der Waals surface area contributed by atoms with Crippen molar-refractivity contribution in [3.63, 3.8) is 0 Å². The summed E-state index contributed by atoms with van der Waals surface area (Å²) in [5.41, 5.74) is 2.58. The second kappa shape index (κ2) is 8.12. The highest BCUT2D eigenvalue weighted by Crippen LogP contribution is 2.33. The Labute approximate surface area is 192 Å². The van der Waals surface area contributed by atoms with Gasteiger partial charge in [-0.05, 0) is 17.7 Å². The molecule has 2 aromatic heterocycles. The van der Waals surface area contributed by atoms with Crippen molar-refractivity contribution < 1.29 is 4.79 Å². The van der Waals surface area contributed by atoms with Crippen molar-refractivity contribution in [3.05, 3.63) is 47.2 Å². The van der Waals surface area contributed by atoms with Crippen molar-refractivity contribution in [1.29, 1.82) is 0 Å². The number of fused-ring (bicyclic) bond motifs is 2. The van der Waals surface area contributed by atoms with Crippen LogP contribution >= 0.6 is 34.5 Å². The summed E-state index contributed by atoms with van der Waals surface area (Å²) in [5.74, 6) is 1.03. The minimum Gasteiger partial charge on any atom is -0.368 e. The summed E-state index contributed by atoms with van der Waals surface area (Å²) in [4.78, 5) is 28.3. The van der Waals surface area contributed by atoms with Crippen molar-refractivity contribution in [1.82, 2.24) is 18.1 Å². The first kappa shape index (κ1) is 19.7. The number of carbonyl (C=O) groups excluding carboxylic acids is 1. The van der Waals surface area contributed by atoms with E-state index < -0.39 is 0 Å². The van der Waals surface area contributed by atoms with E-state index in [0.29, 0.717) is 23.5 Å². The lowest BCUT2D eigenvalue weighted by Crippen LogP contribution is -2.43. The number of carbonyl (C=O) groups is 1. The van der Waals surface area contributed by atoms with Gasteiger partial charge in [-0.2, -0.15) is 4.98 Å². The lowest BCUT2D eigenvalue weighted by atomic mass is 10.0. The first-order valence-corrected chi connectivity index (χ1v) is 11.1. The fourth-order valence-electron chi connectivity index (χ4n) is 3.83. The van der Waals surface area contributed by atoms with Gasteiger partial charge in [0.25, 0.3) is 0 Å². The third kappa shape index (κ3) is 3.77. The molecule has 2 aliphatic heterocycles. The average molecular weight is 536 g/mol. The van der Waals surface area contributed by atoms with E-state index >= 15 is 0 Å². The number of hydrogen-bond acceptors (Lipinski definition) is 7. The molecule has 1 saturated heterocycles. The first-order valence-electron chi connectivity index (χ1n) is 9.71. The predicted octanol–water partition coefficient (Wildman–Crippen LogP) is 3.30. The monoisotopic (exact) mass is 535 g/mol. The standard InChI is InChI=1S/C20H19ClIN7O/c21-17-9-13-16(11-23-17)26-20(28-5-7-29(22)8-6-28)27-18(13)24-10-14-12-3-1-2-4-15(12)25-19(14)30/h1-4,9,11,14H,5-8,10H2,(H,25,30)(H,24,26,27). The molecule has 154 valence electrons. The lowest BCUT2D eigenvalue weighted by Gasteiger charge is -2.31. The largest absolute Gasteiger partial charge is 0.368 e. The average Bonchev–Trinajstić information content (AvgIpc) is 3.07. The topological polar surface area (TPSA) is 86.3 Å². The predicted molar refractivity (Wildman–Crippen MR) is 126 cm³/mol. The summed E-state index contributed by atoms with van der Waals surface area (Å²) in [6, 6.07) is 9.53. The number of pyridine rings is 1. The van der Waals surface area contributed by atoms with Gasteiger partial charge in [-0.25, -0.2) is 13.1 Å². The van der Waals surface area contributed by atoms with Crippen LogP contribution in [0.5, 0.6) is 0 Å². The van der Waals surface area contributed by atoms with Crippen LogP contribution in [0.15, 0.2) is 36.5 Å². The number of halogens is 2. The number of hydrogen-bond donors (Lipinski definition) is 2. The van der Waals surface area contributed by atoms with Gasteiger partial charge in [0.05, 0.1) is 17.6 Å². The van der Waals surface area contributed by atoms with Crippen molar-refractivity contribution in [2.75, 3.05) is 48.3 Å². The summed E-state index contributed by atoms with van der Waals surface area (Å²) in [6.45, 7) is 4.03. The lowest BCUT2D eigenvalue weighted by molar-refractivity contribution is -0.116. The fraction of sp³-hybridized carbons (Fsp3) is 0.300. The van der Waals surface area contributed by atoms with Gasteiger partial charge >= 0.3 is 0 Å². The van der Waals surface area contributed by atoms with Crippen LogP contribution in [0.2, 0.25) is 5.15 Å². The summed E-state index contributed by atoms with van der Waals surface area (Å²) in [5, 5.41) is 7.49. The maximum atomic E-state index is 12.5. The minimum atomic E-state index is -0.283. The molecule has 0 aliphatic carbocycles. The molecule has 1 amide bonds. The third-order valence-corrected chi connectivity index (χ3v) is 6.60. The molecule has 1 aromatic carbocycles. The molecule has 10 heteroatoms. The number of nitrogens with zero attached hydrogens (tertiary/aromatic N) is 5. The number of amides is 1. The zero-order valence-corrected chi connectivity index (χ0v) is 18.9. The number of rotatable bonds is 4. The van der Waals surface area contributed by atoms with E-state index in [0.717, 1.165) is 48.3 Å². The van der Waals surface area contributed by atoms with Gasteiger partial charge in [0, 0.05) is 66.7 Å². The van der Waals surface area contributed by atoms with Gasteiger partial charge in [0.1, 0.15) is 11.0 Å². The van der Waals surface area contributed by atoms with E-state index in [4.69, 9.17) is 21.6 Å². The Hall–Kier alpha value is -2.24. The molecule has 2 N–H and O–H groups in total. The highest BCUT2D eigenvalue weighted by molar-refractivity contribution is 14.1. The Kier molecular flexibility index (Phi) is 5.34. The maximum absolute atomic E-state index is 12.5. The number of piperazine rings is 1. The van der Waals surface area contributed by atoms with Crippen LogP contribution in [0.3, 0.4) is 0 Å². The highest BCUT2D eigenvalue weighted by Gasteiger charge is 2.30. The zero-order chi connectivity index (χ0) is 20.7. The Bertz CT molecular complexity index is 1120.